The number of aromatic nitrogens is 2. The van der Waals surface area contributed by atoms with Gasteiger partial charge < -0.3 is 19.9 Å². The summed E-state index contributed by atoms with van der Waals surface area (Å²) in [5.41, 5.74) is 2.61. The van der Waals surface area contributed by atoms with Gasteiger partial charge in [0.25, 0.3) is 5.91 Å². The molecule has 5 aliphatic heterocycles. The van der Waals surface area contributed by atoms with Crippen molar-refractivity contribution in [3.63, 3.8) is 0 Å². The van der Waals surface area contributed by atoms with Crippen LogP contribution in [0.5, 0.6) is 5.75 Å². The first-order valence-electron chi connectivity index (χ1n) is 17.9. The molecule has 0 spiro atoms. The Labute approximate surface area is 307 Å². The number of likely N-dealkylation sites (tertiary alicyclic amines) is 1. The summed E-state index contributed by atoms with van der Waals surface area (Å²) in [6.07, 6.45) is 6.91. The van der Waals surface area contributed by atoms with E-state index in [1.54, 1.807) is 23.1 Å². The summed E-state index contributed by atoms with van der Waals surface area (Å²) in [4.78, 5) is 52.1. The molecule has 2 aromatic carbocycles. The predicted octanol–water partition coefficient (Wildman–Crippen LogP) is 2.89. The fourth-order valence-electron chi connectivity index (χ4n) is 7.95. The van der Waals surface area contributed by atoms with E-state index in [0.717, 1.165) is 50.3 Å². The van der Waals surface area contributed by atoms with E-state index in [9.17, 15) is 22.8 Å². The number of nitrogens with zero attached hydrogens (tertiary/aromatic N) is 6. The molecule has 6 heterocycles. The number of sulfonamides is 1. The molecule has 3 aromatic rings. The van der Waals surface area contributed by atoms with Gasteiger partial charge in [-0.2, -0.15) is 4.31 Å². The van der Waals surface area contributed by atoms with E-state index in [1.807, 2.05) is 18.2 Å². The van der Waals surface area contributed by atoms with Gasteiger partial charge in [-0.25, -0.2) is 18.4 Å². The summed E-state index contributed by atoms with van der Waals surface area (Å²) in [5.74, 6) is 0.188. The van der Waals surface area contributed by atoms with Crippen molar-refractivity contribution < 1.29 is 27.5 Å². The zero-order chi connectivity index (χ0) is 36.0. The Morgan fingerprint density at radius 2 is 1.65 bits per heavy atom. The third-order valence-corrected chi connectivity index (χ3v) is 13.0. The number of carbonyl (C=O) groups is 3. The minimum atomic E-state index is -3.67. The Morgan fingerprint density at radius 3 is 2.38 bits per heavy atom. The van der Waals surface area contributed by atoms with Crippen molar-refractivity contribution in [2.75, 3.05) is 49.5 Å². The molecule has 0 aliphatic carbocycles. The van der Waals surface area contributed by atoms with Crippen molar-refractivity contribution in [2.45, 2.75) is 74.2 Å². The second-order valence-corrected chi connectivity index (χ2v) is 16.6. The number of carbonyl (C=O) groups excluding carboxylic acids is 3. The molecule has 0 bridgehead atoms. The van der Waals surface area contributed by atoms with E-state index >= 15 is 0 Å². The first-order valence-corrected chi connectivity index (χ1v) is 19.7. The molecule has 14 nitrogen and oxygen atoms in total. The highest BCUT2D eigenvalue weighted by molar-refractivity contribution is 7.89. The van der Waals surface area contributed by atoms with Gasteiger partial charge >= 0.3 is 0 Å². The van der Waals surface area contributed by atoms with Crippen LogP contribution in [-0.2, 0) is 26.2 Å². The maximum absolute atomic E-state index is 13.5. The Kier molecular flexibility index (Phi) is 9.53. The van der Waals surface area contributed by atoms with Crippen LogP contribution in [-0.4, -0.2) is 114 Å². The lowest BCUT2D eigenvalue weighted by Gasteiger charge is -2.47. The predicted molar refractivity (Wildman–Crippen MR) is 193 cm³/mol. The number of nitrogens with one attached hydrogen (secondary N) is 2. The van der Waals surface area contributed by atoms with Crippen molar-refractivity contribution in [1.82, 2.24) is 29.4 Å². The Hall–Kier alpha value is -4.31. The first-order chi connectivity index (χ1) is 25.1. The summed E-state index contributed by atoms with van der Waals surface area (Å²) < 4.78 is 34.8. The minimum Gasteiger partial charge on any atom is -0.488 e. The van der Waals surface area contributed by atoms with E-state index in [1.165, 1.54) is 16.7 Å². The number of hydrogen-bond donors (Lipinski definition) is 2. The van der Waals surface area contributed by atoms with Crippen LogP contribution in [0, 0.1) is 0 Å². The van der Waals surface area contributed by atoms with Gasteiger partial charge in [-0.1, -0.05) is 17.7 Å². The molecule has 0 radical (unpaired) electrons. The van der Waals surface area contributed by atoms with E-state index < -0.39 is 22.0 Å². The van der Waals surface area contributed by atoms with Crippen LogP contribution < -0.4 is 20.3 Å². The van der Waals surface area contributed by atoms with Gasteiger partial charge in [0.2, 0.25) is 27.8 Å². The summed E-state index contributed by atoms with van der Waals surface area (Å²) >= 11 is 5.87. The van der Waals surface area contributed by atoms with E-state index in [2.05, 4.69) is 36.5 Å². The van der Waals surface area contributed by atoms with Crippen LogP contribution in [0.3, 0.4) is 0 Å². The highest BCUT2D eigenvalue weighted by Crippen LogP contribution is 2.33. The van der Waals surface area contributed by atoms with Crippen molar-refractivity contribution in [1.29, 1.82) is 0 Å². The highest BCUT2D eigenvalue weighted by atomic mass is 35.5. The number of piperidine rings is 3. The molecule has 5 aliphatic rings. The summed E-state index contributed by atoms with van der Waals surface area (Å²) in [6.45, 7) is 4.51. The SMILES string of the molecule is O=C1CCC(N2Cc3cc(N4CCC(N5CC(Oc6cccc(S(=O)(=O)N7CCC(Nc8ncc(Cl)cn8)CC7)c6)C5)CC4)ccc3C2=O)C(=O)N1. The molecule has 1 unspecified atom stereocenters. The Morgan fingerprint density at radius 1 is 0.904 bits per heavy atom. The molecule has 1 aromatic heterocycles. The molecule has 0 saturated carbocycles. The number of halogens is 1. The smallest absolute Gasteiger partial charge is 0.255 e. The van der Waals surface area contributed by atoms with Gasteiger partial charge in [-0.05, 0) is 68.0 Å². The second kappa shape index (κ2) is 14.3. The first kappa shape index (κ1) is 34.8. The summed E-state index contributed by atoms with van der Waals surface area (Å²) in [7, 11) is -3.67. The van der Waals surface area contributed by atoms with Crippen molar-refractivity contribution in [2.24, 2.45) is 0 Å². The maximum atomic E-state index is 13.5. The standard InChI is InChI=1S/C36H41ClN8O6S/c37-24-18-38-36(39-19-24)40-25-8-14-44(15-9-25)52(49,50)30-3-1-2-28(17-30)51-29-21-43(22-29)26-10-12-42(13-11-26)27-4-5-31-23(16-27)20-45(35(31)48)32-6-7-33(46)41-34(32)47/h1-5,16-19,25-26,29,32H,6-15,20-22H2,(H,38,39,40)(H,41,46,47). The second-order valence-electron chi connectivity index (χ2n) is 14.2. The molecule has 3 amide bonds. The van der Waals surface area contributed by atoms with Crippen LogP contribution in [0.4, 0.5) is 11.6 Å². The van der Waals surface area contributed by atoms with Crippen LogP contribution in [0.2, 0.25) is 5.02 Å². The van der Waals surface area contributed by atoms with Gasteiger partial charge in [0.05, 0.1) is 22.3 Å². The normalized spacial score (nSPS) is 22.6. The molecule has 16 heteroatoms. The van der Waals surface area contributed by atoms with Crippen molar-refractivity contribution in [3.8, 4) is 5.75 Å². The van der Waals surface area contributed by atoms with E-state index in [-0.39, 0.29) is 35.3 Å². The lowest BCUT2D eigenvalue weighted by molar-refractivity contribution is -0.136. The molecular weight excluding hydrogens is 708 g/mol. The minimum absolute atomic E-state index is 0.00514. The third-order valence-electron chi connectivity index (χ3n) is 10.9. The maximum Gasteiger partial charge on any atom is 0.255 e. The van der Waals surface area contributed by atoms with Gasteiger partial charge in [-0.15, -0.1) is 0 Å². The van der Waals surface area contributed by atoms with Crippen LogP contribution in [0.15, 0.2) is 59.8 Å². The number of fused-ring (bicyclic) bond motifs is 1. The van der Waals surface area contributed by atoms with Crippen molar-refractivity contribution in [3.05, 3.63) is 71.0 Å². The van der Waals surface area contributed by atoms with E-state index in [4.69, 9.17) is 16.3 Å². The summed E-state index contributed by atoms with van der Waals surface area (Å²) in [6, 6.07) is 12.6. The summed E-state index contributed by atoms with van der Waals surface area (Å²) in [5, 5.41) is 6.08. The molecule has 274 valence electrons. The number of imide groups is 1. The Balaban J connectivity index is 0.796. The molecule has 52 heavy (non-hydrogen) atoms. The average Bonchev–Trinajstić information content (AvgIpc) is 3.46. The van der Waals surface area contributed by atoms with Gasteiger partial charge in [0.1, 0.15) is 17.9 Å². The number of hydrogen-bond acceptors (Lipinski definition) is 11. The van der Waals surface area contributed by atoms with Gasteiger partial charge in [0, 0.05) is 81.6 Å². The van der Waals surface area contributed by atoms with Gasteiger partial charge in [-0.3, -0.25) is 24.6 Å². The third kappa shape index (κ3) is 7.06. The molecule has 1 atom stereocenters. The fraction of sp³-hybridized carbons (Fsp3) is 0.472. The van der Waals surface area contributed by atoms with Crippen molar-refractivity contribution >= 4 is 51.0 Å². The zero-order valence-electron chi connectivity index (χ0n) is 28.6. The van der Waals surface area contributed by atoms with Crippen LogP contribution >= 0.6 is 11.6 Å². The van der Waals surface area contributed by atoms with Crippen LogP contribution in [0.25, 0.3) is 0 Å². The molecule has 2 N–H and O–H groups in total. The lowest BCUT2D eigenvalue weighted by atomic mass is 9.97. The monoisotopic (exact) mass is 748 g/mol. The topological polar surface area (TPSA) is 157 Å². The lowest BCUT2D eigenvalue weighted by Crippen LogP contribution is -2.59. The molecular formula is C36H41ClN8O6S. The Bertz CT molecular complexity index is 1960. The molecule has 4 fully saturated rings. The largest absolute Gasteiger partial charge is 0.488 e. The van der Waals surface area contributed by atoms with Gasteiger partial charge in [0.15, 0.2) is 0 Å². The number of ether oxygens (including phenoxy) is 1. The number of anilines is 2. The van der Waals surface area contributed by atoms with Crippen LogP contribution in [0.1, 0.15) is 54.4 Å². The zero-order valence-corrected chi connectivity index (χ0v) is 30.2. The quantitative estimate of drug-likeness (QED) is 0.310. The fourth-order valence-corrected chi connectivity index (χ4v) is 9.55. The average molecular weight is 749 g/mol. The molecule has 4 saturated heterocycles. The van der Waals surface area contributed by atoms with E-state index in [0.29, 0.717) is 67.2 Å². The number of amides is 3. The molecule has 8 rings (SSSR count). The number of benzene rings is 2. The number of rotatable bonds is 9. The highest BCUT2D eigenvalue weighted by Gasteiger charge is 2.40.